The van der Waals surface area contributed by atoms with Gasteiger partial charge in [-0.3, -0.25) is 4.21 Å². The molecule has 0 aromatic rings. The van der Waals surface area contributed by atoms with Crippen LogP contribution in [0.1, 0.15) is 32.6 Å². The van der Waals surface area contributed by atoms with Crippen molar-refractivity contribution >= 4 is 10.8 Å². The van der Waals surface area contributed by atoms with Gasteiger partial charge in [0.2, 0.25) is 0 Å². The Labute approximate surface area is 71.2 Å². The first-order valence-corrected chi connectivity index (χ1v) is 5.83. The largest absolute Gasteiger partial charge is 0.302 e. The summed E-state index contributed by atoms with van der Waals surface area (Å²) in [5.74, 6) is 0.858. The monoisotopic (exact) mass is 175 g/mol. The van der Waals surface area contributed by atoms with E-state index in [1.807, 2.05) is 0 Å². The van der Waals surface area contributed by atoms with E-state index in [1.54, 1.807) is 0 Å². The quantitative estimate of drug-likeness (QED) is 0.651. The standard InChI is InChI=1S/C8H17NOS/c1-2-3-4-5-8-9-6-7-11(8)10/h8-9H,2-7H2,1H3. The van der Waals surface area contributed by atoms with Crippen LogP contribution in [0, 0.1) is 0 Å². The summed E-state index contributed by atoms with van der Waals surface area (Å²) in [4.78, 5) is 0. The molecule has 0 radical (unpaired) electrons. The number of nitrogens with one attached hydrogen (secondary N) is 1. The Morgan fingerprint density at radius 2 is 2.36 bits per heavy atom. The third-order valence-electron chi connectivity index (χ3n) is 2.06. The van der Waals surface area contributed by atoms with Gasteiger partial charge in [0.1, 0.15) is 0 Å². The minimum absolute atomic E-state index is 0.307. The second kappa shape index (κ2) is 4.88. The normalized spacial score (nSPS) is 31.0. The fraction of sp³-hybridized carbons (Fsp3) is 1.00. The molecule has 11 heavy (non-hydrogen) atoms. The molecule has 3 heteroatoms. The van der Waals surface area contributed by atoms with Gasteiger partial charge >= 0.3 is 0 Å². The van der Waals surface area contributed by atoms with Crippen molar-refractivity contribution in [3.63, 3.8) is 0 Å². The first-order chi connectivity index (χ1) is 5.34. The first-order valence-electron chi connectivity index (χ1n) is 4.45. The second-order valence-electron chi connectivity index (χ2n) is 3.02. The summed E-state index contributed by atoms with van der Waals surface area (Å²) in [6, 6.07) is 0. The number of rotatable bonds is 4. The van der Waals surface area contributed by atoms with E-state index in [1.165, 1.54) is 19.3 Å². The van der Waals surface area contributed by atoms with Crippen molar-refractivity contribution in [1.29, 1.82) is 0 Å². The molecule has 0 spiro atoms. The summed E-state index contributed by atoms with van der Waals surface area (Å²) in [7, 11) is -0.575. The van der Waals surface area contributed by atoms with E-state index >= 15 is 0 Å². The van der Waals surface area contributed by atoms with E-state index in [9.17, 15) is 4.21 Å². The maximum Gasteiger partial charge on any atom is 0.0835 e. The van der Waals surface area contributed by atoms with Crippen molar-refractivity contribution in [2.24, 2.45) is 0 Å². The van der Waals surface area contributed by atoms with Crippen LogP contribution < -0.4 is 5.32 Å². The van der Waals surface area contributed by atoms with Gasteiger partial charge in [0, 0.05) is 23.1 Å². The average molecular weight is 175 g/mol. The van der Waals surface area contributed by atoms with Crippen molar-refractivity contribution in [2.75, 3.05) is 12.3 Å². The minimum Gasteiger partial charge on any atom is -0.302 e. The Hall–Kier alpha value is 0.110. The Morgan fingerprint density at radius 3 is 2.91 bits per heavy atom. The molecule has 1 rings (SSSR count). The van der Waals surface area contributed by atoms with Gasteiger partial charge in [0.05, 0.1) is 5.37 Å². The third kappa shape index (κ3) is 2.91. The third-order valence-corrected chi connectivity index (χ3v) is 3.71. The van der Waals surface area contributed by atoms with E-state index < -0.39 is 10.8 Å². The van der Waals surface area contributed by atoms with Gasteiger partial charge in [-0.05, 0) is 6.42 Å². The van der Waals surface area contributed by atoms with Gasteiger partial charge in [-0.25, -0.2) is 0 Å². The zero-order valence-electron chi connectivity index (χ0n) is 7.14. The van der Waals surface area contributed by atoms with Crippen LogP contribution in [0.2, 0.25) is 0 Å². The lowest BCUT2D eigenvalue weighted by atomic mass is 10.2. The molecule has 1 aliphatic rings. The predicted molar refractivity (Wildman–Crippen MR) is 48.9 cm³/mol. The molecule has 1 heterocycles. The molecule has 0 bridgehead atoms. The molecule has 1 aliphatic heterocycles. The molecule has 2 nitrogen and oxygen atoms in total. The molecule has 2 unspecified atom stereocenters. The fourth-order valence-corrected chi connectivity index (χ4v) is 2.71. The lowest BCUT2D eigenvalue weighted by molar-refractivity contribution is 0.585. The molecule has 0 aliphatic carbocycles. The van der Waals surface area contributed by atoms with Crippen LogP contribution >= 0.6 is 0 Å². The maximum absolute atomic E-state index is 11.2. The predicted octanol–water partition coefficient (Wildman–Crippen LogP) is 1.24. The summed E-state index contributed by atoms with van der Waals surface area (Å²) in [6.45, 7) is 3.14. The van der Waals surface area contributed by atoms with Gasteiger partial charge in [-0.2, -0.15) is 0 Å². The van der Waals surface area contributed by atoms with Gasteiger partial charge in [-0.15, -0.1) is 0 Å². The molecule has 0 aromatic carbocycles. The SMILES string of the molecule is CCCCCC1NCCS1=O. The van der Waals surface area contributed by atoms with Crippen molar-refractivity contribution in [1.82, 2.24) is 5.32 Å². The van der Waals surface area contributed by atoms with Crippen molar-refractivity contribution < 1.29 is 4.21 Å². The zero-order chi connectivity index (χ0) is 8.10. The molecule has 0 amide bonds. The van der Waals surface area contributed by atoms with E-state index in [2.05, 4.69) is 12.2 Å². The molecule has 66 valence electrons. The lowest BCUT2D eigenvalue weighted by Gasteiger charge is -2.07. The second-order valence-corrected chi connectivity index (χ2v) is 4.76. The maximum atomic E-state index is 11.2. The first kappa shape index (κ1) is 9.20. The zero-order valence-corrected chi connectivity index (χ0v) is 7.95. The van der Waals surface area contributed by atoms with Crippen LogP contribution in [-0.2, 0) is 10.8 Å². The van der Waals surface area contributed by atoms with Gasteiger partial charge < -0.3 is 5.32 Å². The highest BCUT2D eigenvalue weighted by Crippen LogP contribution is 2.10. The Kier molecular flexibility index (Phi) is 4.08. The van der Waals surface area contributed by atoms with Crippen LogP contribution in [0.15, 0.2) is 0 Å². The molecular weight excluding hydrogens is 158 g/mol. The highest BCUT2D eigenvalue weighted by molar-refractivity contribution is 7.85. The molecule has 0 aromatic heterocycles. The summed E-state index contributed by atoms with van der Waals surface area (Å²) in [6.07, 6.45) is 4.84. The average Bonchev–Trinajstić information content (AvgIpc) is 2.37. The summed E-state index contributed by atoms with van der Waals surface area (Å²) < 4.78 is 11.2. The molecule has 0 saturated carbocycles. The summed E-state index contributed by atoms with van der Waals surface area (Å²) in [5, 5.41) is 3.57. The van der Waals surface area contributed by atoms with Crippen LogP contribution in [0.5, 0.6) is 0 Å². The summed E-state index contributed by atoms with van der Waals surface area (Å²) in [5.41, 5.74) is 0. The van der Waals surface area contributed by atoms with Crippen molar-refractivity contribution in [3.8, 4) is 0 Å². The van der Waals surface area contributed by atoms with Gasteiger partial charge in [0.15, 0.2) is 0 Å². The number of hydrogen-bond acceptors (Lipinski definition) is 2. The molecular formula is C8H17NOS. The topological polar surface area (TPSA) is 29.1 Å². The van der Waals surface area contributed by atoms with E-state index in [0.29, 0.717) is 5.37 Å². The van der Waals surface area contributed by atoms with E-state index in [4.69, 9.17) is 0 Å². The van der Waals surface area contributed by atoms with E-state index in [0.717, 1.165) is 18.7 Å². The van der Waals surface area contributed by atoms with Crippen LogP contribution in [0.3, 0.4) is 0 Å². The minimum atomic E-state index is -0.575. The van der Waals surface area contributed by atoms with Crippen LogP contribution in [0.4, 0.5) is 0 Å². The van der Waals surface area contributed by atoms with Crippen LogP contribution in [-0.4, -0.2) is 21.9 Å². The lowest BCUT2D eigenvalue weighted by Crippen LogP contribution is -2.23. The Bertz CT molecular complexity index is 138. The van der Waals surface area contributed by atoms with Gasteiger partial charge in [0.25, 0.3) is 0 Å². The van der Waals surface area contributed by atoms with Crippen molar-refractivity contribution in [2.45, 2.75) is 38.0 Å². The number of hydrogen-bond donors (Lipinski definition) is 1. The number of unbranched alkanes of at least 4 members (excludes halogenated alkanes) is 2. The highest BCUT2D eigenvalue weighted by atomic mass is 32.2. The molecule has 1 N–H and O–H groups in total. The van der Waals surface area contributed by atoms with E-state index in [-0.39, 0.29) is 0 Å². The van der Waals surface area contributed by atoms with Gasteiger partial charge in [-0.1, -0.05) is 26.2 Å². The fourth-order valence-electron chi connectivity index (χ4n) is 1.37. The molecule has 1 saturated heterocycles. The smallest absolute Gasteiger partial charge is 0.0835 e. The highest BCUT2D eigenvalue weighted by Gasteiger charge is 2.20. The Morgan fingerprint density at radius 1 is 1.55 bits per heavy atom. The Balaban J connectivity index is 2.10. The molecule has 2 atom stereocenters. The molecule has 1 fully saturated rings. The summed E-state index contributed by atoms with van der Waals surface area (Å²) >= 11 is 0. The van der Waals surface area contributed by atoms with Crippen molar-refractivity contribution in [3.05, 3.63) is 0 Å². The van der Waals surface area contributed by atoms with Crippen LogP contribution in [0.25, 0.3) is 0 Å².